The van der Waals surface area contributed by atoms with Gasteiger partial charge in [0.1, 0.15) is 9.84 Å². The number of hydrogen-bond donors (Lipinski definition) is 1. The second-order valence-corrected chi connectivity index (χ2v) is 5.45. The van der Waals surface area contributed by atoms with Crippen LogP contribution in [0.2, 0.25) is 0 Å². The molecule has 0 aromatic heterocycles. The molecule has 0 fully saturated rings. The molecule has 74 valence electrons. The zero-order valence-electron chi connectivity index (χ0n) is 7.95. The molecule has 5 heteroatoms. The first-order valence-corrected chi connectivity index (χ1v) is 6.01. The molecule has 0 rings (SSSR count). The summed E-state index contributed by atoms with van der Waals surface area (Å²) in [4.78, 5) is 1.95. The molecule has 0 aliphatic heterocycles. The van der Waals surface area contributed by atoms with Gasteiger partial charge in [0, 0.05) is 25.4 Å². The highest BCUT2D eigenvalue weighted by Gasteiger charge is 2.09. The van der Waals surface area contributed by atoms with Gasteiger partial charge in [-0.1, -0.05) is 0 Å². The number of nitrogens with two attached hydrogens (primary N) is 1. The van der Waals surface area contributed by atoms with Crippen LogP contribution in [0.4, 0.5) is 0 Å². The standard InChI is InChI=1S/C7H18N2O2S/c1-7(6-8)9(2)4-5-12(3,10)11/h7H,4-6,8H2,1-3H3. The van der Waals surface area contributed by atoms with Gasteiger partial charge < -0.3 is 10.6 Å². The molecule has 0 spiro atoms. The van der Waals surface area contributed by atoms with Gasteiger partial charge >= 0.3 is 0 Å². The normalized spacial score (nSPS) is 15.1. The van der Waals surface area contributed by atoms with Gasteiger partial charge in [-0.05, 0) is 14.0 Å². The Morgan fingerprint density at radius 2 is 2.00 bits per heavy atom. The molecule has 2 N–H and O–H groups in total. The molecule has 0 heterocycles. The van der Waals surface area contributed by atoms with E-state index in [9.17, 15) is 8.42 Å². The highest BCUT2D eigenvalue weighted by molar-refractivity contribution is 7.90. The van der Waals surface area contributed by atoms with Gasteiger partial charge in [-0.15, -0.1) is 0 Å². The minimum Gasteiger partial charge on any atom is -0.329 e. The van der Waals surface area contributed by atoms with Crippen molar-refractivity contribution in [3.8, 4) is 0 Å². The fourth-order valence-corrected chi connectivity index (χ4v) is 1.33. The first-order chi connectivity index (χ1) is 5.37. The van der Waals surface area contributed by atoms with Gasteiger partial charge in [0.25, 0.3) is 0 Å². The number of likely N-dealkylation sites (N-methyl/N-ethyl adjacent to an activating group) is 1. The molecule has 12 heavy (non-hydrogen) atoms. The van der Waals surface area contributed by atoms with Crippen LogP contribution in [-0.2, 0) is 9.84 Å². The Bertz CT molecular complexity index is 213. The third-order valence-corrected chi connectivity index (χ3v) is 2.83. The summed E-state index contributed by atoms with van der Waals surface area (Å²) in [5.74, 6) is 0.202. The van der Waals surface area contributed by atoms with Crippen LogP contribution in [0.5, 0.6) is 0 Å². The van der Waals surface area contributed by atoms with Gasteiger partial charge in [-0.2, -0.15) is 0 Å². The molecule has 0 saturated heterocycles. The van der Waals surface area contributed by atoms with Crippen molar-refractivity contribution in [2.75, 3.05) is 32.1 Å². The lowest BCUT2D eigenvalue weighted by Crippen LogP contribution is -2.38. The molecule has 1 atom stereocenters. The van der Waals surface area contributed by atoms with Crippen LogP contribution in [0.15, 0.2) is 0 Å². The highest BCUT2D eigenvalue weighted by Crippen LogP contribution is 1.93. The molecule has 0 bridgehead atoms. The van der Waals surface area contributed by atoms with Crippen molar-refractivity contribution < 1.29 is 8.42 Å². The predicted octanol–water partition coefficient (Wildman–Crippen LogP) is -0.690. The van der Waals surface area contributed by atoms with Crippen molar-refractivity contribution in [2.45, 2.75) is 13.0 Å². The summed E-state index contributed by atoms with van der Waals surface area (Å²) in [6.07, 6.45) is 1.24. The SMILES string of the molecule is CC(CN)N(C)CCS(C)(=O)=O. The van der Waals surface area contributed by atoms with E-state index in [4.69, 9.17) is 5.73 Å². The van der Waals surface area contributed by atoms with E-state index in [2.05, 4.69) is 0 Å². The minimum atomic E-state index is -2.84. The van der Waals surface area contributed by atoms with Crippen LogP contribution in [0.3, 0.4) is 0 Å². The van der Waals surface area contributed by atoms with Crippen LogP contribution in [0.1, 0.15) is 6.92 Å². The molecule has 0 aliphatic rings. The van der Waals surface area contributed by atoms with E-state index < -0.39 is 9.84 Å². The third-order valence-electron chi connectivity index (χ3n) is 1.91. The lowest BCUT2D eigenvalue weighted by Gasteiger charge is -2.22. The molecule has 0 aromatic rings. The maximum atomic E-state index is 10.8. The van der Waals surface area contributed by atoms with E-state index in [1.807, 2.05) is 18.9 Å². The van der Waals surface area contributed by atoms with E-state index >= 15 is 0 Å². The van der Waals surface area contributed by atoms with Crippen LogP contribution < -0.4 is 5.73 Å². The van der Waals surface area contributed by atoms with Crippen LogP contribution in [-0.4, -0.2) is 51.5 Å². The number of nitrogens with zero attached hydrogens (tertiary/aromatic N) is 1. The first-order valence-electron chi connectivity index (χ1n) is 3.95. The fourth-order valence-electron chi connectivity index (χ4n) is 0.710. The van der Waals surface area contributed by atoms with E-state index in [1.165, 1.54) is 6.26 Å². The Balaban J connectivity index is 3.79. The molecule has 0 radical (unpaired) electrons. The van der Waals surface area contributed by atoms with Crippen molar-refractivity contribution in [3.05, 3.63) is 0 Å². The largest absolute Gasteiger partial charge is 0.329 e. The molecule has 0 amide bonds. The Labute approximate surface area is 74.7 Å². The predicted molar refractivity (Wildman–Crippen MR) is 50.9 cm³/mol. The zero-order chi connectivity index (χ0) is 9.78. The van der Waals surface area contributed by atoms with Gasteiger partial charge in [0.15, 0.2) is 0 Å². The van der Waals surface area contributed by atoms with E-state index in [0.29, 0.717) is 13.1 Å². The minimum absolute atomic E-state index is 0.202. The lowest BCUT2D eigenvalue weighted by molar-refractivity contribution is 0.277. The van der Waals surface area contributed by atoms with Crippen LogP contribution in [0, 0.1) is 0 Å². The average molecular weight is 194 g/mol. The summed E-state index contributed by atoms with van der Waals surface area (Å²) in [6, 6.07) is 0.242. The summed E-state index contributed by atoms with van der Waals surface area (Å²) < 4.78 is 21.6. The summed E-state index contributed by atoms with van der Waals surface area (Å²) >= 11 is 0. The Morgan fingerprint density at radius 3 is 2.33 bits per heavy atom. The number of sulfone groups is 1. The topological polar surface area (TPSA) is 63.4 Å². The molecular weight excluding hydrogens is 176 g/mol. The van der Waals surface area contributed by atoms with Crippen molar-refractivity contribution in [1.29, 1.82) is 0 Å². The van der Waals surface area contributed by atoms with Crippen molar-refractivity contribution in [2.24, 2.45) is 5.73 Å². The van der Waals surface area contributed by atoms with Gasteiger partial charge in [0.05, 0.1) is 5.75 Å². The maximum absolute atomic E-state index is 10.8. The summed E-state index contributed by atoms with van der Waals surface area (Å²) in [5, 5.41) is 0. The third kappa shape index (κ3) is 5.51. The van der Waals surface area contributed by atoms with Crippen LogP contribution in [0.25, 0.3) is 0 Å². The summed E-state index contributed by atoms with van der Waals surface area (Å²) in [7, 11) is -0.966. The van der Waals surface area contributed by atoms with Gasteiger partial charge in [0.2, 0.25) is 0 Å². The number of hydrogen-bond acceptors (Lipinski definition) is 4. The fraction of sp³-hybridized carbons (Fsp3) is 1.00. The maximum Gasteiger partial charge on any atom is 0.148 e. The molecule has 4 nitrogen and oxygen atoms in total. The second-order valence-electron chi connectivity index (χ2n) is 3.20. The number of rotatable bonds is 5. The second kappa shape index (κ2) is 4.79. The van der Waals surface area contributed by atoms with E-state index in [0.717, 1.165) is 0 Å². The lowest BCUT2D eigenvalue weighted by atomic mass is 10.3. The smallest absolute Gasteiger partial charge is 0.148 e. The summed E-state index contributed by atoms with van der Waals surface area (Å²) in [6.45, 7) is 3.08. The van der Waals surface area contributed by atoms with Gasteiger partial charge in [-0.3, -0.25) is 0 Å². The molecule has 0 aliphatic carbocycles. The Morgan fingerprint density at radius 1 is 1.50 bits per heavy atom. The highest BCUT2D eigenvalue weighted by atomic mass is 32.2. The zero-order valence-corrected chi connectivity index (χ0v) is 8.76. The van der Waals surface area contributed by atoms with E-state index in [-0.39, 0.29) is 11.8 Å². The molecule has 0 saturated carbocycles. The monoisotopic (exact) mass is 194 g/mol. The van der Waals surface area contributed by atoms with Crippen molar-refractivity contribution >= 4 is 9.84 Å². The molecule has 0 aromatic carbocycles. The molecule has 1 unspecified atom stereocenters. The Kier molecular flexibility index (Phi) is 4.74. The van der Waals surface area contributed by atoms with Gasteiger partial charge in [-0.25, -0.2) is 8.42 Å². The average Bonchev–Trinajstić information content (AvgIpc) is 1.97. The van der Waals surface area contributed by atoms with Crippen LogP contribution >= 0.6 is 0 Å². The first kappa shape index (κ1) is 11.9. The van der Waals surface area contributed by atoms with E-state index in [1.54, 1.807) is 0 Å². The van der Waals surface area contributed by atoms with Crippen molar-refractivity contribution in [3.63, 3.8) is 0 Å². The quantitative estimate of drug-likeness (QED) is 0.629. The molecular formula is C7H18N2O2S. The van der Waals surface area contributed by atoms with Crippen molar-refractivity contribution in [1.82, 2.24) is 4.90 Å². The Hall–Kier alpha value is -0.130. The summed E-state index contributed by atoms with van der Waals surface area (Å²) in [5.41, 5.74) is 5.42.